The van der Waals surface area contributed by atoms with Crippen molar-refractivity contribution < 1.29 is 38.7 Å². The van der Waals surface area contributed by atoms with Crippen LogP contribution in [0.5, 0.6) is 0 Å². The summed E-state index contributed by atoms with van der Waals surface area (Å²) in [5.41, 5.74) is 6.27. The maximum atomic E-state index is 13.7. The van der Waals surface area contributed by atoms with E-state index < -0.39 is 85.2 Å². The fourth-order valence-corrected chi connectivity index (χ4v) is 4.56. The molecule has 272 valence electrons. The Bertz CT molecular complexity index is 1270. The van der Waals surface area contributed by atoms with Gasteiger partial charge in [-0.3, -0.25) is 33.6 Å². The first kappa shape index (κ1) is 42.2. The Morgan fingerprint density at radius 2 is 1.37 bits per heavy atom. The fraction of sp³-hybridized carbons (Fsp3) is 0.545. The molecule has 1 rings (SSSR count). The molecule has 0 heterocycles. The van der Waals surface area contributed by atoms with Gasteiger partial charge in [0.05, 0.1) is 19.7 Å². The second-order valence-electron chi connectivity index (χ2n) is 12.2. The largest absolute Gasteiger partial charge is 0.394 e. The minimum absolute atomic E-state index is 0.0444. The first-order chi connectivity index (χ1) is 23.2. The van der Waals surface area contributed by atoms with Gasteiger partial charge in [0.15, 0.2) is 0 Å². The number of rotatable bonds is 23. The average molecular weight is 689 g/mol. The quantitative estimate of drug-likeness (QED) is 0.0461. The molecule has 16 nitrogen and oxygen atoms in total. The van der Waals surface area contributed by atoms with E-state index in [9.17, 15) is 38.7 Å². The van der Waals surface area contributed by atoms with E-state index in [0.29, 0.717) is 25.8 Å². The molecule has 0 radical (unpaired) electrons. The molecule has 16 heteroatoms. The zero-order valence-corrected chi connectivity index (χ0v) is 28.8. The third-order valence-electron chi connectivity index (χ3n) is 7.15. The maximum Gasteiger partial charge on any atom is 0.245 e. The number of hydrogen-bond acceptors (Lipinski definition) is 9. The Hall–Kier alpha value is -4.83. The predicted molar refractivity (Wildman–Crippen MR) is 182 cm³/mol. The number of carbonyl (C=O) groups excluding carboxylic acids is 7. The minimum atomic E-state index is -1.47. The van der Waals surface area contributed by atoms with Crippen molar-refractivity contribution in [2.75, 3.05) is 40.3 Å². The van der Waals surface area contributed by atoms with Gasteiger partial charge in [0.1, 0.15) is 24.2 Å². The van der Waals surface area contributed by atoms with E-state index in [0.717, 1.165) is 11.6 Å². The smallest absolute Gasteiger partial charge is 0.245 e. The molecule has 0 aliphatic carbocycles. The van der Waals surface area contributed by atoms with Crippen LogP contribution in [0, 0.1) is 5.92 Å². The maximum absolute atomic E-state index is 13.7. The number of aliphatic hydroxyl groups excluding tert-OH is 1. The molecule has 0 fully saturated rings. The van der Waals surface area contributed by atoms with Crippen molar-refractivity contribution in [2.24, 2.45) is 11.7 Å². The normalized spacial score (nSPS) is 13.3. The molecular formula is C33H52N8O8. The van der Waals surface area contributed by atoms with Gasteiger partial charge in [-0.15, -0.1) is 0 Å². The molecule has 1 aromatic rings. The van der Waals surface area contributed by atoms with Crippen molar-refractivity contribution in [1.82, 2.24) is 36.8 Å². The molecule has 2 unspecified atom stereocenters. The Balaban J connectivity index is 3.11. The lowest BCUT2D eigenvalue weighted by molar-refractivity contribution is -0.135. The molecule has 4 atom stereocenters. The van der Waals surface area contributed by atoms with Crippen molar-refractivity contribution in [3.63, 3.8) is 0 Å². The summed E-state index contributed by atoms with van der Waals surface area (Å²) < 4.78 is 0. The van der Waals surface area contributed by atoms with Gasteiger partial charge in [-0.05, 0) is 63.9 Å². The van der Waals surface area contributed by atoms with Gasteiger partial charge in [-0.2, -0.15) is 0 Å². The van der Waals surface area contributed by atoms with Gasteiger partial charge in [-0.25, -0.2) is 0 Å². The Labute approximate surface area is 287 Å². The molecular weight excluding hydrogens is 636 g/mol. The lowest BCUT2D eigenvalue weighted by atomic mass is 10.0. The third kappa shape index (κ3) is 17.8. The molecule has 49 heavy (non-hydrogen) atoms. The highest BCUT2D eigenvalue weighted by molar-refractivity contribution is 5.96. The number of nitrogens with one attached hydrogen (secondary N) is 6. The van der Waals surface area contributed by atoms with Crippen LogP contribution in [0.15, 0.2) is 43.0 Å². The molecule has 0 spiro atoms. The Morgan fingerprint density at radius 3 is 1.94 bits per heavy atom. The van der Waals surface area contributed by atoms with Crippen molar-refractivity contribution >= 4 is 41.4 Å². The molecule has 0 saturated heterocycles. The number of primary amides is 1. The second kappa shape index (κ2) is 22.7. The van der Waals surface area contributed by atoms with E-state index in [-0.39, 0.29) is 18.8 Å². The predicted octanol–water partition coefficient (Wildman–Crippen LogP) is -2.16. The van der Waals surface area contributed by atoms with Gasteiger partial charge in [0.2, 0.25) is 41.4 Å². The van der Waals surface area contributed by atoms with E-state index in [2.05, 4.69) is 38.5 Å². The van der Waals surface area contributed by atoms with Crippen LogP contribution in [0.2, 0.25) is 0 Å². The summed E-state index contributed by atoms with van der Waals surface area (Å²) in [4.78, 5) is 89.9. The molecule has 0 saturated carbocycles. The Kier molecular flexibility index (Phi) is 19.5. The van der Waals surface area contributed by atoms with Gasteiger partial charge >= 0.3 is 0 Å². The van der Waals surface area contributed by atoms with Gasteiger partial charge in [0.25, 0.3) is 0 Å². The molecule has 9 N–H and O–H groups in total. The van der Waals surface area contributed by atoms with E-state index in [1.165, 1.54) is 0 Å². The number of nitrogens with two attached hydrogens (primary N) is 1. The van der Waals surface area contributed by atoms with E-state index >= 15 is 0 Å². The minimum Gasteiger partial charge on any atom is -0.394 e. The first-order valence-corrected chi connectivity index (χ1v) is 16.1. The zero-order chi connectivity index (χ0) is 36.9. The van der Waals surface area contributed by atoms with Crippen LogP contribution in [-0.2, 0) is 40.0 Å². The van der Waals surface area contributed by atoms with Crippen LogP contribution < -0.4 is 37.6 Å². The fourth-order valence-electron chi connectivity index (χ4n) is 4.56. The highest BCUT2D eigenvalue weighted by atomic mass is 16.3. The van der Waals surface area contributed by atoms with E-state index in [1.807, 2.05) is 32.8 Å². The standard InChI is InChI=1S/C33H52N8O8/c1-6-27(43)35-18-28(44)36-19-29(45)37-26(20-42)33(49)38-23(14-10-11-15-41(4)5)31(47)40-25(17-22-12-8-7-9-13-22)32(48)39-24(30(34)46)16-21(2)3/h6-9,12-13,21,23-26,42H,1,10-11,14-20H2,2-5H3,(H2,34,46)(H,35,43)(H,36,44)(H,37,45)(H,38,49)(H,39,48)(H,40,47)/t23?,24?,25-,26-/m0/s1. The zero-order valence-electron chi connectivity index (χ0n) is 28.8. The number of unbranched alkanes of at least 4 members (excludes halogenated alkanes) is 1. The van der Waals surface area contributed by atoms with E-state index in [1.54, 1.807) is 30.3 Å². The summed E-state index contributed by atoms with van der Waals surface area (Å²) in [6, 6.07) is 4.17. The van der Waals surface area contributed by atoms with Crippen LogP contribution in [0.3, 0.4) is 0 Å². The van der Waals surface area contributed by atoms with Crippen LogP contribution in [-0.4, -0.2) is 116 Å². The summed E-state index contributed by atoms with van der Waals surface area (Å²) in [7, 11) is 3.79. The summed E-state index contributed by atoms with van der Waals surface area (Å²) in [6.45, 7) is 5.94. The molecule has 0 aliphatic heterocycles. The van der Waals surface area contributed by atoms with Gasteiger partial charge in [0, 0.05) is 6.42 Å². The first-order valence-electron chi connectivity index (χ1n) is 16.1. The van der Waals surface area contributed by atoms with Crippen molar-refractivity contribution in [3.05, 3.63) is 48.6 Å². The number of nitrogens with zero attached hydrogens (tertiary/aromatic N) is 1. The lowest BCUT2D eigenvalue weighted by Gasteiger charge is -2.26. The SMILES string of the molecule is C=CC(=O)NCC(=O)NCC(=O)N[C@@H](CO)C(=O)NC(CCCCN(C)C)C(=O)N[C@@H](Cc1ccccc1)C(=O)NC(CC(C)C)C(N)=O. The van der Waals surface area contributed by atoms with Crippen LogP contribution >= 0.6 is 0 Å². The molecule has 0 bridgehead atoms. The van der Waals surface area contributed by atoms with Crippen LogP contribution in [0.4, 0.5) is 0 Å². The number of carbonyl (C=O) groups is 7. The van der Waals surface area contributed by atoms with Gasteiger partial charge in [-0.1, -0.05) is 50.8 Å². The lowest BCUT2D eigenvalue weighted by Crippen LogP contribution is -2.59. The molecule has 0 aliphatic rings. The summed E-state index contributed by atoms with van der Waals surface area (Å²) in [5, 5.41) is 24.6. The highest BCUT2D eigenvalue weighted by Crippen LogP contribution is 2.09. The van der Waals surface area contributed by atoms with Crippen LogP contribution in [0.1, 0.15) is 45.1 Å². The summed E-state index contributed by atoms with van der Waals surface area (Å²) in [5.74, 6) is -4.93. The molecule has 1 aromatic carbocycles. The second-order valence-corrected chi connectivity index (χ2v) is 12.2. The summed E-state index contributed by atoms with van der Waals surface area (Å²) in [6.07, 6.45) is 2.71. The van der Waals surface area contributed by atoms with Crippen molar-refractivity contribution in [2.45, 2.75) is 70.1 Å². The topological polar surface area (TPSA) is 241 Å². The highest BCUT2D eigenvalue weighted by Gasteiger charge is 2.31. The number of benzene rings is 1. The van der Waals surface area contributed by atoms with Crippen LogP contribution in [0.25, 0.3) is 0 Å². The average Bonchev–Trinajstić information content (AvgIpc) is 3.05. The van der Waals surface area contributed by atoms with Crippen molar-refractivity contribution in [1.29, 1.82) is 0 Å². The number of amides is 7. The monoisotopic (exact) mass is 688 g/mol. The Morgan fingerprint density at radius 1 is 0.796 bits per heavy atom. The third-order valence-corrected chi connectivity index (χ3v) is 7.15. The number of hydrogen-bond donors (Lipinski definition) is 8. The summed E-state index contributed by atoms with van der Waals surface area (Å²) >= 11 is 0. The van der Waals surface area contributed by atoms with Gasteiger partial charge < -0.3 is 47.6 Å². The molecule has 7 amide bonds. The molecule has 0 aromatic heterocycles. The van der Waals surface area contributed by atoms with Crippen molar-refractivity contribution in [3.8, 4) is 0 Å². The van der Waals surface area contributed by atoms with E-state index in [4.69, 9.17) is 5.73 Å². The number of aliphatic hydroxyl groups is 1.